The largest absolute Gasteiger partial charge is 0.122 e. The van der Waals surface area contributed by atoms with E-state index in [0.717, 1.165) is 0 Å². The normalized spacial score (nSPS) is 17.5. The van der Waals surface area contributed by atoms with Crippen molar-refractivity contribution < 1.29 is 0 Å². The van der Waals surface area contributed by atoms with E-state index in [2.05, 4.69) is 12.3 Å². The monoisotopic (exact) mass is 174 g/mol. The SMILES string of the molecule is CCCCCC1=CSCS1. The van der Waals surface area contributed by atoms with Crippen LogP contribution in [0.2, 0.25) is 0 Å². The Hall–Kier alpha value is 0.440. The van der Waals surface area contributed by atoms with E-state index in [1.54, 1.807) is 4.91 Å². The zero-order valence-corrected chi connectivity index (χ0v) is 8.06. The van der Waals surface area contributed by atoms with E-state index in [-0.39, 0.29) is 0 Å². The lowest BCUT2D eigenvalue weighted by Gasteiger charge is -1.97. The minimum Gasteiger partial charge on any atom is -0.122 e. The van der Waals surface area contributed by atoms with Gasteiger partial charge in [0, 0.05) is 5.08 Å². The van der Waals surface area contributed by atoms with E-state index >= 15 is 0 Å². The van der Waals surface area contributed by atoms with Crippen molar-refractivity contribution in [1.82, 2.24) is 0 Å². The lowest BCUT2D eigenvalue weighted by atomic mass is 10.2. The van der Waals surface area contributed by atoms with Gasteiger partial charge >= 0.3 is 0 Å². The van der Waals surface area contributed by atoms with Gasteiger partial charge in [-0.05, 0) is 23.2 Å². The molecule has 0 radical (unpaired) electrons. The Labute approximate surface area is 71.8 Å². The predicted molar refractivity (Wildman–Crippen MR) is 52.3 cm³/mol. The van der Waals surface area contributed by atoms with Crippen LogP contribution in [0.4, 0.5) is 0 Å². The van der Waals surface area contributed by atoms with Crippen LogP contribution in [-0.4, -0.2) is 5.08 Å². The second-order valence-electron chi connectivity index (χ2n) is 2.47. The summed E-state index contributed by atoms with van der Waals surface area (Å²) in [5, 5.41) is 3.57. The lowest BCUT2D eigenvalue weighted by Crippen LogP contribution is -1.75. The predicted octanol–water partition coefficient (Wildman–Crippen LogP) is 3.85. The molecule has 0 fully saturated rings. The van der Waals surface area contributed by atoms with E-state index in [1.807, 2.05) is 23.5 Å². The Balaban J connectivity index is 2.01. The molecule has 10 heavy (non-hydrogen) atoms. The quantitative estimate of drug-likeness (QED) is 0.594. The maximum absolute atomic E-state index is 2.32. The Bertz CT molecular complexity index is 118. The van der Waals surface area contributed by atoms with E-state index in [9.17, 15) is 0 Å². The van der Waals surface area contributed by atoms with Gasteiger partial charge in [-0.15, -0.1) is 23.5 Å². The van der Waals surface area contributed by atoms with Crippen LogP contribution in [0.3, 0.4) is 0 Å². The highest BCUT2D eigenvalue weighted by molar-refractivity contribution is 8.22. The Morgan fingerprint density at radius 2 is 2.40 bits per heavy atom. The maximum Gasteiger partial charge on any atom is 0.0478 e. The smallest absolute Gasteiger partial charge is 0.0478 e. The van der Waals surface area contributed by atoms with Crippen LogP contribution in [0.5, 0.6) is 0 Å². The summed E-state index contributed by atoms with van der Waals surface area (Å²) in [7, 11) is 0. The summed E-state index contributed by atoms with van der Waals surface area (Å²) in [5.41, 5.74) is 0. The van der Waals surface area contributed by atoms with Crippen LogP contribution in [0, 0.1) is 0 Å². The lowest BCUT2D eigenvalue weighted by molar-refractivity contribution is 0.726. The van der Waals surface area contributed by atoms with Crippen molar-refractivity contribution in [3.05, 3.63) is 10.3 Å². The fourth-order valence-corrected chi connectivity index (χ4v) is 3.17. The van der Waals surface area contributed by atoms with Crippen LogP contribution in [0.25, 0.3) is 0 Å². The molecule has 0 aliphatic carbocycles. The van der Waals surface area contributed by atoms with Gasteiger partial charge in [-0.25, -0.2) is 0 Å². The zero-order valence-electron chi connectivity index (χ0n) is 6.43. The third-order valence-corrected chi connectivity index (χ3v) is 3.86. The van der Waals surface area contributed by atoms with Crippen LogP contribution in [0.15, 0.2) is 10.3 Å². The minimum absolute atomic E-state index is 1.25. The van der Waals surface area contributed by atoms with Crippen LogP contribution < -0.4 is 0 Å². The highest BCUT2D eigenvalue weighted by Gasteiger charge is 2.03. The molecule has 0 nitrogen and oxygen atoms in total. The molecule has 1 rings (SSSR count). The zero-order chi connectivity index (χ0) is 7.23. The Morgan fingerprint density at radius 1 is 1.50 bits per heavy atom. The average molecular weight is 174 g/mol. The molecule has 0 unspecified atom stereocenters. The van der Waals surface area contributed by atoms with Gasteiger partial charge in [-0.2, -0.15) is 0 Å². The molecule has 0 saturated heterocycles. The number of hydrogen-bond donors (Lipinski definition) is 0. The molecule has 0 aromatic rings. The van der Waals surface area contributed by atoms with E-state index in [1.165, 1.54) is 30.8 Å². The summed E-state index contributed by atoms with van der Waals surface area (Å²) in [4.78, 5) is 1.61. The van der Waals surface area contributed by atoms with Gasteiger partial charge in [0.15, 0.2) is 0 Å². The van der Waals surface area contributed by atoms with Crippen molar-refractivity contribution in [3.8, 4) is 0 Å². The molecular weight excluding hydrogens is 160 g/mol. The molecule has 0 aromatic heterocycles. The molecule has 1 heterocycles. The summed E-state index contributed by atoms with van der Waals surface area (Å²) < 4.78 is 0. The fraction of sp³-hybridized carbons (Fsp3) is 0.750. The number of thioether (sulfide) groups is 2. The van der Waals surface area contributed by atoms with Crippen molar-refractivity contribution >= 4 is 23.5 Å². The number of rotatable bonds is 4. The van der Waals surface area contributed by atoms with Crippen molar-refractivity contribution in [1.29, 1.82) is 0 Å². The summed E-state index contributed by atoms with van der Waals surface area (Å²) in [5.74, 6) is 0. The highest BCUT2D eigenvalue weighted by Crippen LogP contribution is 2.34. The summed E-state index contributed by atoms with van der Waals surface area (Å²) in [6, 6.07) is 0. The molecule has 1 aliphatic rings. The van der Waals surface area contributed by atoms with E-state index < -0.39 is 0 Å². The molecule has 0 spiro atoms. The summed E-state index contributed by atoms with van der Waals surface area (Å²) >= 11 is 3.96. The Morgan fingerprint density at radius 3 is 3.00 bits per heavy atom. The summed E-state index contributed by atoms with van der Waals surface area (Å²) in [6.07, 6.45) is 5.44. The standard InChI is InChI=1S/C8H14S2/c1-2-3-4-5-8-6-9-7-10-8/h6H,2-5,7H2,1H3. The Kier molecular flexibility index (Phi) is 4.39. The number of unbranched alkanes of at least 4 members (excludes halogenated alkanes) is 2. The average Bonchev–Trinajstić information content (AvgIpc) is 2.41. The van der Waals surface area contributed by atoms with Crippen LogP contribution >= 0.6 is 23.5 Å². The second-order valence-corrected chi connectivity index (χ2v) is 4.80. The maximum atomic E-state index is 2.32. The van der Waals surface area contributed by atoms with Gasteiger partial charge in [0.25, 0.3) is 0 Å². The molecule has 0 atom stereocenters. The van der Waals surface area contributed by atoms with Gasteiger partial charge in [0.1, 0.15) is 0 Å². The van der Waals surface area contributed by atoms with Crippen molar-refractivity contribution in [3.63, 3.8) is 0 Å². The molecule has 0 saturated carbocycles. The molecule has 0 aromatic carbocycles. The first-order chi connectivity index (χ1) is 4.93. The highest BCUT2D eigenvalue weighted by atomic mass is 32.2. The molecule has 1 aliphatic heterocycles. The molecule has 0 N–H and O–H groups in total. The van der Waals surface area contributed by atoms with Gasteiger partial charge in [-0.1, -0.05) is 19.8 Å². The van der Waals surface area contributed by atoms with Gasteiger partial charge in [-0.3, -0.25) is 0 Å². The molecule has 0 amide bonds. The first kappa shape index (κ1) is 8.54. The third kappa shape index (κ3) is 3.02. The topological polar surface area (TPSA) is 0 Å². The first-order valence-electron chi connectivity index (χ1n) is 3.87. The van der Waals surface area contributed by atoms with Crippen LogP contribution in [-0.2, 0) is 0 Å². The van der Waals surface area contributed by atoms with Crippen LogP contribution in [0.1, 0.15) is 32.6 Å². The molecule has 0 bridgehead atoms. The molecular formula is C8H14S2. The molecule has 58 valence electrons. The van der Waals surface area contributed by atoms with Crippen molar-refractivity contribution in [2.24, 2.45) is 0 Å². The second kappa shape index (κ2) is 5.14. The van der Waals surface area contributed by atoms with Crippen molar-refractivity contribution in [2.45, 2.75) is 32.6 Å². The van der Waals surface area contributed by atoms with Gasteiger partial charge in [0.05, 0.1) is 0 Å². The third-order valence-electron chi connectivity index (χ3n) is 1.55. The van der Waals surface area contributed by atoms with E-state index in [4.69, 9.17) is 0 Å². The minimum atomic E-state index is 1.25. The first-order valence-corrected chi connectivity index (χ1v) is 5.90. The van der Waals surface area contributed by atoms with Crippen molar-refractivity contribution in [2.75, 3.05) is 5.08 Å². The van der Waals surface area contributed by atoms with Gasteiger partial charge in [0.2, 0.25) is 0 Å². The number of hydrogen-bond acceptors (Lipinski definition) is 2. The van der Waals surface area contributed by atoms with E-state index in [0.29, 0.717) is 0 Å². The number of allylic oxidation sites excluding steroid dienone is 1. The van der Waals surface area contributed by atoms with Gasteiger partial charge < -0.3 is 0 Å². The molecule has 2 heteroatoms. The summed E-state index contributed by atoms with van der Waals surface area (Å²) in [6.45, 7) is 2.25. The fourth-order valence-electron chi connectivity index (χ4n) is 0.951.